The van der Waals surface area contributed by atoms with Crippen molar-refractivity contribution >= 4 is 11.8 Å². The molecule has 1 saturated heterocycles. The van der Waals surface area contributed by atoms with Crippen LogP contribution in [0.4, 0.5) is 0 Å². The van der Waals surface area contributed by atoms with Gasteiger partial charge in [-0.3, -0.25) is 14.6 Å². The Kier molecular flexibility index (Phi) is 15.3. The SMILES string of the molecule is CC/C=C\C/C=C\C/C=C\C/C=C\C/C=C\CCCC(=O)N1CCC[C@@H]1CNC(=O)c1cccnc1. The Morgan fingerprint density at radius 2 is 1.61 bits per heavy atom. The number of aromatic nitrogens is 1. The van der Waals surface area contributed by atoms with Crippen LogP contribution in [-0.2, 0) is 4.79 Å². The average molecular weight is 490 g/mol. The highest BCUT2D eigenvalue weighted by atomic mass is 16.2. The molecule has 1 aromatic rings. The Balaban J connectivity index is 1.53. The van der Waals surface area contributed by atoms with Crippen molar-refractivity contribution in [3.63, 3.8) is 0 Å². The molecule has 0 unspecified atom stereocenters. The second-order valence-corrected chi connectivity index (χ2v) is 8.94. The molecule has 1 N–H and O–H groups in total. The van der Waals surface area contributed by atoms with Crippen LogP contribution in [0.1, 0.15) is 81.5 Å². The Morgan fingerprint density at radius 1 is 0.972 bits per heavy atom. The van der Waals surface area contributed by atoms with Gasteiger partial charge in [0.05, 0.1) is 5.56 Å². The summed E-state index contributed by atoms with van der Waals surface area (Å²) in [5.41, 5.74) is 0.547. The molecular weight excluding hydrogens is 446 g/mol. The minimum atomic E-state index is -0.138. The zero-order valence-electron chi connectivity index (χ0n) is 21.9. The van der Waals surface area contributed by atoms with Crippen molar-refractivity contribution in [2.45, 2.75) is 77.2 Å². The molecule has 1 atom stereocenters. The molecule has 194 valence electrons. The molecule has 0 aromatic carbocycles. The smallest absolute Gasteiger partial charge is 0.252 e. The lowest BCUT2D eigenvalue weighted by atomic mass is 10.1. The largest absolute Gasteiger partial charge is 0.350 e. The monoisotopic (exact) mass is 489 g/mol. The molecule has 2 rings (SSSR count). The van der Waals surface area contributed by atoms with E-state index in [0.717, 1.165) is 64.3 Å². The van der Waals surface area contributed by atoms with Crippen molar-refractivity contribution < 1.29 is 9.59 Å². The Morgan fingerprint density at radius 3 is 2.22 bits per heavy atom. The van der Waals surface area contributed by atoms with Crippen LogP contribution < -0.4 is 5.32 Å². The van der Waals surface area contributed by atoms with Crippen molar-refractivity contribution in [3.05, 3.63) is 90.9 Å². The molecule has 2 heterocycles. The predicted octanol–water partition coefficient (Wildman–Crippen LogP) is 6.72. The molecule has 1 fully saturated rings. The molecule has 1 aromatic heterocycles. The first-order valence-electron chi connectivity index (χ1n) is 13.4. The van der Waals surface area contributed by atoms with Gasteiger partial charge in [-0.25, -0.2) is 0 Å². The number of allylic oxidation sites excluding steroid dienone is 10. The number of carbonyl (C=O) groups is 2. The molecule has 0 aliphatic carbocycles. The molecule has 5 heteroatoms. The topological polar surface area (TPSA) is 62.3 Å². The quantitative estimate of drug-likeness (QED) is 0.207. The second kappa shape index (κ2) is 19.0. The van der Waals surface area contributed by atoms with Gasteiger partial charge in [-0.05, 0) is 69.9 Å². The molecule has 1 aliphatic rings. The fourth-order valence-electron chi connectivity index (χ4n) is 4.07. The summed E-state index contributed by atoms with van der Waals surface area (Å²) in [6.45, 7) is 3.43. The number of carbonyl (C=O) groups excluding carboxylic acids is 2. The van der Waals surface area contributed by atoms with Gasteiger partial charge < -0.3 is 10.2 Å². The van der Waals surface area contributed by atoms with E-state index in [4.69, 9.17) is 0 Å². The maximum absolute atomic E-state index is 12.7. The average Bonchev–Trinajstić information content (AvgIpc) is 3.38. The van der Waals surface area contributed by atoms with Crippen molar-refractivity contribution in [2.24, 2.45) is 0 Å². The zero-order valence-corrected chi connectivity index (χ0v) is 21.9. The minimum Gasteiger partial charge on any atom is -0.350 e. The van der Waals surface area contributed by atoms with Gasteiger partial charge in [0, 0.05) is 37.9 Å². The van der Waals surface area contributed by atoms with Gasteiger partial charge in [-0.1, -0.05) is 67.7 Å². The van der Waals surface area contributed by atoms with Crippen LogP contribution in [0.2, 0.25) is 0 Å². The number of unbranched alkanes of at least 4 members (excludes halogenated alkanes) is 1. The summed E-state index contributed by atoms with van der Waals surface area (Å²) in [4.78, 5) is 30.9. The molecule has 36 heavy (non-hydrogen) atoms. The highest BCUT2D eigenvalue weighted by molar-refractivity contribution is 5.93. The number of nitrogens with zero attached hydrogens (tertiary/aromatic N) is 2. The fraction of sp³-hybridized carbons (Fsp3) is 0.452. The van der Waals surface area contributed by atoms with Gasteiger partial charge in [0.1, 0.15) is 0 Å². The number of rotatable bonds is 16. The Bertz CT molecular complexity index is 900. The van der Waals surface area contributed by atoms with E-state index in [1.807, 2.05) is 4.90 Å². The van der Waals surface area contributed by atoms with E-state index in [2.05, 4.69) is 78.0 Å². The molecular formula is C31H43N3O2. The second-order valence-electron chi connectivity index (χ2n) is 8.94. The van der Waals surface area contributed by atoms with E-state index in [9.17, 15) is 9.59 Å². The Hall–Kier alpha value is -3.21. The van der Waals surface area contributed by atoms with E-state index >= 15 is 0 Å². The van der Waals surface area contributed by atoms with E-state index in [1.165, 1.54) is 0 Å². The lowest BCUT2D eigenvalue weighted by Crippen LogP contribution is -2.43. The summed E-state index contributed by atoms with van der Waals surface area (Å²) >= 11 is 0. The summed E-state index contributed by atoms with van der Waals surface area (Å²) in [6, 6.07) is 3.58. The number of pyridine rings is 1. The lowest BCUT2D eigenvalue weighted by molar-refractivity contribution is -0.132. The molecule has 5 nitrogen and oxygen atoms in total. The highest BCUT2D eigenvalue weighted by Crippen LogP contribution is 2.18. The van der Waals surface area contributed by atoms with Gasteiger partial charge >= 0.3 is 0 Å². The third kappa shape index (κ3) is 12.5. The van der Waals surface area contributed by atoms with E-state index in [-0.39, 0.29) is 17.9 Å². The van der Waals surface area contributed by atoms with Crippen molar-refractivity contribution in [1.29, 1.82) is 0 Å². The maximum Gasteiger partial charge on any atom is 0.252 e. The molecule has 0 bridgehead atoms. The molecule has 0 spiro atoms. The summed E-state index contributed by atoms with van der Waals surface area (Å²) in [6.07, 6.45) is 34.4. The van der Waals surface area contributed by atoms with Gasteiger partial charge in [-0.2, -0.15) is 0 Å². The number of likely N-dealkylation sites (tertiary alicyclic amines) is 1. The van der Waals surface area contributed by atoms with Crippen LogP contribution in [0.15, 0.2) is 85.3 Å². The fourth-order valence-corrected chi connectivity index (χ4v) is 4.07. The standard InChI is InChI=1S/C31H43N3O2/c1-2-3-4-5-6-7-8-9-10-11-12-13-14-15-16-17-18-23-30(35)34-25-20-22-29(34)27-33-31(36)28-21-19-24-32-26-28/h3-4,6-7,9-10,12-13,15-16,19,21,24,26,29H,2,5,8,11,14,17-18,20,22-23,25,27H2,1H3,(H,33,36)/b4-3-,7-6-,10-9-,13-12-,16-15-/t29-/m1/s1. The van der Waals surface area contributed by atoms with Gasteiger partial charge in [0.15, 0.2) is 0 Å². The van der Waals surface area contributed by atoms with Gasteiger partial charge in [0.2, 0.25) is 5.91 Å². The predicted molar refractivity (Wildman–Crippen MR) is 150 cm³/mol. The number of hydrogen-bond donors (Lipinski definition) is 1. The van der Waals surface area contributed by atoms with Crippen molar-refractivity contribution in [3.8, 4) is 0 Å². The van der Waals surface area contributed by atoms with Crippen LogP contribution >= 0.6 is 0 Å². The van der Waals surface area contributed by atoms with E-state index in [0.29, 0.717) is 18.5 Å². The van der Waals surface area contributed by atoms with Crippen molar-refractivity contribution in [2.75, 3.05) is 13.1 Å². The lowest BCUT2D eigenvalue weighted by Gasteiger charge is -2.25. The maximum atomic E-state index is 12.7. The van der Waals surface area contributed by atoms with Crippen LogP contribution in [-0.4, -0.2) is 40.8 Å². The summed E-state index contributed by atoms with van der Waals surface area (Å²) < 4.78 is 0. The molecule has 2 amide bonds. The third-order valence-electron chi connectivity index (χ3n) is 6.04. The zero-order chi connectivity index (χ0) is 25.7. The van der Waals surface area contributed by atoms with E-state index < -0.39 is 0 Å². The molecule has 1 aliphatic heterocycles. The molecule has 0 saturated carbocycles. The van der Waals surface area contributed by atoms with Crippen LogP contribution in [0.3, 0.4) is 0 Å². The summed E-state index contributed by atoms with van der Waals surface area (Å²) in [5.74, 6) is 0.0567. The van der Waals surface area contributed by atoms with E-state index in [1.54, 1.807) is 24.5 Å². The number of hydrogen-bond acceptors (Lipinski definition) is 3. The van der Waals surface area contributed by atoms with Gasteiger partial charge in [-0.15, -0.1) is 0 Å². The van der Waals surface area contributed by atoms with Crippen LogP contribution in [0.25, 0.3) is 0 Å². The first kappa shape index (κ1) is 29.0. The number of nitrogens with one attached hydrogen (secondary N) is 1. The van der Waals surface area contributed by atoms with Crippen molar-refractivity contribution in [1.82, 2.24) is 15.2 Å². The highest BCUT2D eigenvalue weighted by Gasteiger charge is 2.28. The van der Waals surface area contributed by atoms with Crippen LogP contribution in [0, 0.1) is 0 Å². The number of amides is 2. The first-order chi connectivity index (χ1) is 17.7. The summed E-state index contributed by atoms with van der Waals surface area (Å²) in [5, 5.41) is 2.95. The van der Waals surface area contributed by atoms with Crippen LogP contribution in [0.5, 0.6) is 0 Å². The van der Waals surface area contributed by atoms with Gasteiger partial charge in [0.25, 0.3) is 5.91 Å². The minimum absolute atomic E-state index is 0.0896. The Labute approximate surface area is 217 Å². The molecule has 0 radical (unpaired) electrons. The summed E-state index contributed by atoms with van der Waals surface area (Å²) in [7, 11) is 0. The third-order valence-corrected chi connectivity index (χ3v) is 6.04. The first-order valence-corrected chi connectivity index (χ1v) is 13.4. The normalized spacial score (nSPS) is 16.5.